The summed E-state index contributed by atoms with van der Waals surface area (Å²) < 4.78 is 5.19. The van der Waals surface area contributed by atoms with E-state index >= 15 is 0 Å². The normalized spacial score (nSPS) is 17.8. The van der Waals surface area contributed by atoms with Crippen LogP contribution in [0.2, 0.25) is 5.02 Å². The Morgan fingerprint density at radius 2 is 2.38 bits per heavy atom. The number of carbonyl (C=O) groups excluding carboxylic acids is 1. The molecule has 24 heavy (non-hydrogen) atoms. The molecule has 0 aliphatic carbocycles. The number of piperidine rings is 1. The van der Waals surface area contributed by atoms with E-state index in [1.54, 1.807) is 19.4 Å². The molecule has 2 amide bonds. The minimum absolute atomic E-state index is 0.0440. The molecule has 1 atom stereocenters. The van der Waals surface area contributed by atoms with E-state index in [2.05, 4.69) is 15.5 Å². The quantitative estimate of drug-likeness (QED) is 0.878. The van der Waals surface area contributed by atoms with Gasteiger partial charge in [0.2, 0.25) is 0 Å². The molecule has 0 bridgehead atoms. The molecule has 1 aromatic heterocycles. The van der Waals surface area contributed by atoms with Gasteiger partial charge >= 0.3 is 6.03 Å². The number of H-pyrrole nitrogens is 1. The summed E-state index contributed by atoms with van der Waals surface area (Å²) in [5.74, 6) is 0. The molecule has 2 N–H and O–H groups in total. The van der Waals surface area contributed by atoms with Gasteiger partial charge in [-0.3, -0.25) is 5.10 Å². The van der Waals surface area contributed by atoms with Gasteiger partial charge in [0.15, 0.2) is 0 Å². The number of aromatic amines is 1. The molecule has 6 nitrogen and oxygen atoms in total. The van der Waals surface area contributed by atoms with Crippen molar-refractivity contribution < 1.29 is 9.53 Å². The molecule has 0 saturated carbocycles. The number of nitrogens with one attached hydrogen (secondary N) is 2. The molecular formula is C17H21ClN4O2. The van der Waals surface area contributed by atoms with Gasteiger partial charge in [0.1, 0.15) is 0 Å². The predicted molar refractivity (Wildman–Crippen MR) is 93.1 cm³/mol. The van der Waals surface area contributed by atoms with Crippen LogP contribution in [0.25, 0.3) is 0 Å². The Kier molecular flexibility index (Phi) is 5.37. The number of carbonyl (C=O) groups is 1. The van der Waals surface area contributed by atoms with Crippen LogP contribution in [0.15, 0.2) is 30.6 Å². The Morgan fingerprint density at radius 3 is 3.12 bits per heavy atom. The van der Waals surface area contributed by atoms with Gasteiger partial charge < -0.3 is 15.0 Å². The Morgan fingerprint density at radius 1 is 1.50 bits per heavy atom. The first-order chi connectivity index (χ1) is 11.7. The minimum Gasteiger partial charge on any atom is -0.380 e. The van der Waals surface area contributed by atoms with Crippen LogP contribution in [0, 0.1) is 0 Å². The van der Waals surface area contributed by atoms with Crippen molar-refractivity contribution in [2.45, 2.75) is 31.9 Å². The lowest BCUT2D eigenvalue weighted by Gasteiger charge is -2.35. The molecule has 7 heteroatoms. The number of ether oxygens (including phenoxy) is 1. The van der Waals surface area contributed by atoms with Crippen molar-refractivity contribution in [3.05, 3.63) is 46.7 Å². The standard InChI is InChI=1S/C17H21ClN4O2/c1-24-11-13-14(18)5-4-6-15(13)21-17(23)22-8-3-2-7-16(22)12-9-19-20-10-12/h4-6,9-10,16H,2-3,7-8,11H2,1H3,(H,19,20)(H,21,23). The summed E-state index contributed by atoms with van der Waals surface area (Å²) in [6.07, 6.45) is 6.68. The Hall–Kier alpha value is -2.05. The highest BCUT2D eigenvalue weighted by Gasteiger charge is 2.29. The lowest BCUT2D eigenvalue weighted by Crippen LogP contribution is -2.41. The molecule has 0 spiro atoms. The van der Waals surface area contributed by atoms with Crippen LogP contribution < -0.4 is 5.32 Å². The fourth-order valence-corrected chi connectivity index (χ4v) is 3.35. The molecule has 2 heterocycles. The van der Waals surface area contributed by atoms with E-state index in [0.717, 1.165) is 36.9 Å². The van der Waals surface area contributed by atoms with Crippen LogP contribution >= 0.6 is 11.6 Å². The van der Waals surface area contributed by atoms with Crippen molar-refractivity contribution in [1.82, 2.24) is 15.1 Å². The van der Waals surface area contributed by atoms with Gasteiger partial charge in [0.25, 0.3) is 0 Å². The average Bonchev–Trinajstić information content (AvgIpc) is 3.12. The number of rotatable bonds is 4. The third-order valence-corrected chi connectivity index (χ3v) is 4.67. The second kappa shape index (κ2) is 7.68. The van der Waals surface area contributed by atoms with Crippen molar-refractivity contribution in [3.63, 3.8) is 0 Å². The summed E-state index contributed by atoms with van der Waals surface area (Å²) in [6, 6.07) is 5.37. The number of hydrogen-bond donors (Lipinski definition) is 2. The van der Waals surface area contributed by atoms with Gasteiger partial charge in [-0.1, -0.05) is 17.7 Å². The summed E-state index contributed by atoms with van der Waals surface area (Å²) >= 11 is 6.23. The zero-order valence-electron chi connectivity index (χ0n) is 13.6. The Balaban J connectivity index is 1.80. The van der Waals surface area contributed by atoms with Crippen LogP contribution in [0.4, 0.5) is 10.5 Å². The molecule has 128 valence electrons. The van der Waals surface area contributed by atoms with E-state index in [4.69, 9.17) is 16.3 Å². The van der Waals surface area contributed by atoms with E-state index in [0.29, 0.717) is 17.3 Å². The van der Waals surface area contributed by atoms with Crippen LogP contribution in [0.1, 0.15) is 36.4 Å². The summed E-state index contributed by atoms with van der Waals surface area (Å²) in [5.41, 5.74) is 2.51. The van der Waals surface area contributed by atoms with E-state index in [1.165, 1.54) is 0 Å². The molecule has 1 fully saturated rings. The number of aromatic nitrogens is 2. The number of urea groups is 1. The maximum Gasteiger partial charge on any atom is 0.322 e. The van der Waals surface area contributed by atoms with E-state index in [1.807, 2.05) is 23.2 Å². The number of amides is 2. The predicted octanol–water partition coefficient (Wildman–Crippen LogP) is 3.97. The Bertz CT molecular complexity index is 690. The van der Waals surface area contributed by atoms with Crippen molar-refractivity contribution in [2.24, 2.45) is 0 Å². The van der Waals surface area contributed by atoms with Crippen molar-refractivity contribution in [2.75, 3.05) is 19.0 Å². The van der Waals surface area contributed by atoms with Gasteiger partial charge in [-0.2, -0.15) is 5.10 Å². The molecule has 1 aliphatic rings. The second-order valence-electron chi connectivity index (χ2n) is 5.87. The largest absolute Gasteiger partial charge is 0.380 e. The number of nitrogens with zero attached hydrogens (tertiary/aromatic N) is 2. The second-order valence-corrected chi connectivity index (χ2v) is 6.27. The van der Waals surface area contributed by atoms with Crippen LogP contribution in [-0.4, -0.2) is 34.8 Å². The number of anilines is 1. The zero-order chi connectivity index (χ0) is 16.9. The molecule has 1 aromatic carbocycles. The number of methoxy groups -OCH3 is 1. The van der Waals surface area contributed by atoms with Crippen LogP contribution in [0.3, 0.4) is 0 Å². The van der Waals surface area contributed by atoms with Gasteiger partial charge in [-0.15, -0.1) is 0 Å². The summed E-state index contributed by atoms with van der Waals surface area (Å²) in [5, 5.41) is 10.4. The molecule has 1 saturated heterocycles. The minimum atomic E-state index is -0.125. The first kappa shape index (κ1) is 16.8. The third-order valence-electron chi connectivity index (χ3n) is 4.32. The lowest BCUT2D eigenvalue weighted by atomic mass is 9.98. The number of hydrogen-bond acceptors (Lipinski definition) is 3. The number of likely N-dealkylation sites (tertiary alicyclic amines) is 1. The zero-order valence-corrected chi connectivity index (χ0v) is 14.3. The molecule has 1 unspecified atom stereocenters. The third kappa shape index (κ3) is 3.55. The molecular weight excluding hydrogens is 328 g/mol. The van der Waals surface area contributed by atoms with E-state index in [9.17, 15) is 4.79 Å². The Labute approximate surface area is 146 Å². The average molecular weight is 349 g/mol. The van der Waals surface area contributed by atoms with Crippen molar-refractivity contribution in [3.8, 4) is 0 Å². The highest BCUT2D eigenvalue weighted by molar-refractivity contribution is 6.31. The monoisotopic (exact) mass is 348 g/mol. The maximum absolute atomic E-state index is 12.8. The van der Waals surface area contributed by atoms with Gasteiger partial charge in [-0.05, 0) is 31.4 Å². The molecule has 2 aromatic rings. The number of halogens is 1. The topological polar surface area (TPSA) is 70.2 Å². The lowest BCUT2D eigenvalue weighted by molar-refractivity contribution is 0.163. The molecule has 0 radical (unpaired) electrons. The van der Waals surface area contributed by atoms with E-state index < -0.39 is 0 Å². The molecule has 1 aliphatic heterocycles. The smallest absolute Gasteiger partial charge is 0.322 e. The fourth-order valence-electron chi connectivity index (χ4n) is 3.12. The first-order valence-corrected chi connectivity index (χ1v) is 8.41. The molecule has 3 rings (SSSR count). The summed E-state index contributed by atoms with van der Waals surface area (Å²) in [6.45, 7) is 1.07. The SMILES string of the molecule is COCc1c(Cl)cccc1NC(=O)N1CCCCC1c1cn[nH]c1. The number of benzene rings is 1. The first-order valence-electron chi connectivity index (χ1n) is 8.03. The van der Waals surface area contributed by atoms with Crippen molar-refractivity contribution >= 4 is 23.3 Å². The van der Waals surface area contributed by atoms with Gasteiger partial charge in [-0.25, -0.2) is 4.79 Å². The summed E-state index contributed by atoms with van der Waals surface area (Å²) in [4.78, 5) is 14.7. The highest BCUT2D eigenvalue weighted by atomic mass is 35.5. The van der Waals surface area contributed by atoms with Crippen LogP contribution in [-0.2, 0) is 11.3 Å². The highest BCUT2D eigenvalue weighted by Crippen LogP contribution is 2.32. The van der Waals surface area contributed by atoms with Crippen LogP contribution in [0.5, 0.6) is 0 Å². The summed E-state index contributed by atoms with van der Waals surface area (Å²) in [7, 11) is 1.61. The van der Waals surface area contributed by atoms with E-state index in [-0.39, 0.29) is 12.1 Å². The maximum atomic E-state index is 12.8. The van der Waals surface area contributed by atoms with Crippen molar-refractivity contribution in [1.29, 1.82) is 0 Å². The van der Waals surface area contributed by atoms with Gasteiger partial charge in [0, 0.05) is 41.7 Å². The fraction of sp³-hybridized carbons (Fsp3) is 0.412. The van der Waals surface area contributed by atoms with Gasteiger partial charge in [0.05, 0.1) is 18.8 Å².